The third-order valence-corrected chi connectivity index (χ3v) is 4.37. The molecule has 1 fully saturated rings. The molecule has 1 saturated carbocycles. The molecule has 0 radical (unpaired) electrons. The van der Waals surface area contributed by atoms with Crippen LogP contribution in [0.25, 0.3) is 5.78 Å². The van der Waals surface area contributed by atoms with Crippen molar-refractivity contribution in [1.82, 2.24) is 19.6 Å². The highest BCUT2D eigenvalue weighted by atomic mass is 32.2. The highest BCUT2D eigenvalue weighted by Crippen LogP contribution is 2.20. The molecule has 0 bridgehead atoms. The number of hydrogen-bond acceptors (Lipinski definition) is 5. The molecule has 0 saturated heterocycles. The number of rotatable bonds is 5. The smallest absolute Gasteiger partial charge is 0.253 e. The van der Waals surface area contributed by atoms with E-state index in [1.54, 1.807) is 22.5 Å². The second-order valence-corrected chi connectivity index (χ2v) is 6.15. The maximum absolute atomic E-state index is 5.96. The van der Waals surface area contributed by atoms with Gasteiger partial charge in [0.1, 0.15) is 0 Å². The summed E-state index contributed by atoms with van der Waals surface area (Å²) in [5.74, 6) is 1.55. The Hall–Kier alpha value is -1.14. The van der Waals surface area contributed by atoms with Crippen LogP contribution >= 0.6 is 11.8 Å². The van der Waals surface area contributed by atoms with Crippen LogP contribution in [0.15, 0.2) is 23.6 Å². The Balaban J connectivity index is 1.43. The number of nitrogens with zero attached hydrogens (tertiary/aromatic N) is 4. The third kappa shape index (κ3) is 3.70. The molecule has 0 amide bonds. The van der Waals surface area contributed by atoms with E-state index >= 15 is 0 Å². The topological polar surface area (TPSA) is 52.3 Å². The number of thioether (sulfide) groups is 1. The van der Waals surface area contributed by atoms with Crippen molar-refractivity contribution < 1.29 is 4.74 Å². The summed E-state index contributed by atoms with van der Waals surface area (Å²) in [6.07, 6.45) is 11.9. The normalized spacial score (nSPS) is 17.4. The number of hydrogen-bond donors (Lipinski definition) is 0. The van der Waals surface area contributed by atoms with Crippen molar-refractivity contribution in [2.75, 3.05) is 12.4 Å². The first-order valence-electron chi connectivity index (χ1n) is 7.33. The highest BCUT2D eigenvalue weighted by Gasteiger charge is 2.12. The van der Waals surface area contributed by atoms with Crippen LogP contribution in [0.2, 0.25) is 0 Å². The molecule has 1 aliphatic rings. The lowest BCUT2D eigenvalue weighted by Gasteiger charge is -2.14. The zero-order chi connectivity index (χ0) is 13.6. The molecule has 0 aromatic carbocycles. The van der Waals surface area contributed by atoms with E-state index in [0.717, 1.165) is 17.5 Å². The Kier molecular flexibility index (Phi) is 4.86. The number of fused-ring (bicyclic) bond motifs is 1. The van der Waals surface area contributed by atoms with Gasteiger partial charge in [-0.25, -0.2) is 9.50 Å². The van der Waals surface area contributed by atoms with E-state index in [1.165, 1.54) is 38.5 Å². The molecule has 0 atom stereocenters. The van der Waals surface area contributed by atoms with Crippen LogP contribution in [0, 0.1) is 0 Å². The van der Waals surface area contributed by atoms with Gasteiger partial charge in [-0.3, -0.25) is 0 Å². The summed E-state index contributed by atoms with van der Waals surface area (Å²) >= 11 is 1.63. The van der Waals surface area contributed by atoms with E-state index in [2.05, 4.69) is 15.1 Å². The van der Waals surface area contributed by atoms with Crippen LogP contribution in [0.5, 0.6) is 0 Å². The molecule has 0 unspecified atom stereocenters. The lowest BCUT2D eigenvalue weighted by molar-refractivity contribution is 0.0542. The largest absolute Gasteiger partial charge is 0.377 e. The molecule has 20 heavy (non-hydrogen) atoms. The molecular weight excluding hydrogens is 272 g/mol. The summed E-state index contributed by atoms with van der Waals surface area (Å²) < 4.78 is 7.66. The Bertz CT molecular complexity index is 504. The lowest BCUT2D eigenvalue weighted by atomic mass is 10.1. The summed E-state index contributed by atoms with van der Waals surface area (Å²) in [7, 11) is 0. The summed E-state index contributed by atoms with van der Waals surface area (Å²) in [6, 6.07) is 1.85. The van der Waals surface area contributed by atoms with E-state index < -0.39 is 0 Å². The van der Waals surface area contributed by atoms with Crippen LogP contribution in [-0.2, 0) is 4.74 Å². The standard InChI is InChI=1S/C14H20N4OS/c1-2-4-7-12(6-3-1)19-10-11-20-14-16-13-15-8-5-9-18(13)17-14/h5,8-9,12H,1-4,6-7,10-11H2. The highest BCUT2D eigenvalue weighted by molar-refractivity contribution is 7.99. The number of aromatic nitrogens is 4. The Morgan fingerprint density at radius 1 is 1.25 bits per heavy atom. The first-order valence-corrected chi connectivity index (χ1v) is 8.32. The molecule has 2 aromatic heterocycles. The van der Waals surface area contributed by atoms with Crippen LogP contribution in [0.4, 0.5) is 0 Å². The minimum atomic E-state index is 0.466. The zero-order valence-electron chi connectivity index (χ0n) is 11.6. The van der Waals surface area contributed by atoms with Crippen molar-refractivity contribution in [1.29, 1.82) is 0 Å². The molecule has 1 aliphatic carbocycles. The van der Waals surface area contributed by atoms with E-state index in [1.807, 2.05) is 12.3 Å². The van der Waals surface area contributed by atoms with Gasteiger partial charge >= 0.3 is 0 Å². The molecule has 0 aliphatic heterocycles. The first kappa shape index (κ1) is 13.8. The van der Waals surface area contributed by atoms with Crippen molar-refractivity contribution in [3.05, 3.63) is 18.5 Å². The van der Waals surface area contributed by atoms with Gasteiger partial charge in [0.05, 0.1) is 12.7 Å². The maximum atomic E-state index is 5.96. The molecular formula is C14H20N4OS. The Morgan fingerprint density at radius 3 is 2.90 bits per heavy atom. The fourth-order valence-corrected chi connectivity index (χ4v) is 3.19. The van der Waals surface area contributed by atoms with Gasteiger partial charge in [0, 0.05) is 18.1 Å². The molecule has 0 N–H and O–H groups in total. The molecule has 2 heterocycles. The minimum Gasteiger partial charge on any atom is -0.377 e. The molecule has 108 valence electrons. The predicted molar refractivity (Wildman–Crippen MR) is 78.9 cm³/mol. The van der Waals surface area contributed by atoms with E-state index in [4.69, 9.17) is 4.74 Å². The van der Waals surface area contributed by atoms with Crippen LogP contribution in [0.3, 0.4) is 0 Å². The van der Waals surface area contributed by atoms with Crippen LogP contribution < -0.4 is 0 Å². The monoisotopic (exact) mass is 292 g/mol. The second-order valence-electron chi connectivity index (χ2n) is 5.09. The average Bonchev–Trinajstić information content (AvgIpc) is 2.70. The van der Waals surface area contributed by atoms with Crippen molar-refractivity contribution in [2.45, 2.75) is 49.8 Å². The van der Waals surface area contributed by atoms with Crippen molar-refractivity contribution >= 4 is 17.5 Å². The zero-order valence-corrected chi connectivity index (χ0v) is 12.4. The van der Waals surface area contributed by atoms with Gasteiger partial charge < -0.3 is 4.74 Å². The Labute approximate surface area is 123 Å². The van der Waals surface area contributed by atoms with Crippen molar-refractivity contribution in [3.63, 3.8) is 0 Å². The van der Waals surface area contributed by atoms with E-state index in [-0.39, 0.29) is 0 Å². The first-order chi connectivity index (χ1) is 9.92. The summed E-state index contributed by atoms with van der Waals surface area (Å²) in [6.45, 7) is 0.776. The maximum Gasteiger partial charge on any atom is 0.253 e. The van der Waals surface area contributed by atoms with Gasteiger partial charge in [-0.15, -0.1) is 5.10 Å². The average molecular weight is 292 g/mol. The van der Waals surface area contributed by atoms with Gasteiger partial charge in [0.15, 0.2) is 0 Å². The number of ether oxygens (including phenoxy) is 1. The fraction of sp³-hybridized carbons (Fsp3) is 0.643. The van der Waals surface area contributed by atoms with Gasteiger partial charge in [-0.1, -0.05) is 37.4 Å². The molecule has 0 spiro atoms. The predicted octanol–water partition coefficient (Wildman–Crippen LogP) is 2.96. The second kappa shape index (κ2) is 7.04. The molecule has 5 nitrogen and oxygen atoms in total. The summed E-state index contributed by atoms with van der Waals surface area (Å²) in [4.78, 5) is 8.52. The summed E-state index contributed by atoms with van der Waals surface area (Å²) in [5, 5.41) is 5.13. The quantitative estimate of drug-likeness (QED) is 0.482. The Morgan fingerprint density at radius 2 is 2.10 bits per heavy atom. The lowest BCUT2D eigenvalue weighted by Crippen LogP contribution is -2.13. The molecule has 3 rings (SSSR count). The van der Waals surface area contributed by atoms with Gasteiger partial charge in [0.2, 0.25) is 5.16 Å². The SMILES string of the molecule is c1cnc2nc(SCCOC3CCCCCC3)nn2c1. The van der Waals surface area contributed by atoms with Crippen molar-refractivity contribution in [3.8, 4) is 0 Å². The fourth-order valence-electron chi connectivity index (χ4n) is 2.53. The summed E-state index contributed by atoms with van der Waals surface area (Å²) in [5.41, 5.74) is 0. The van der Waals surface area contributed by atoms with Crippen molar-refractivity contribution in [2.24, 2.45) is 0 Å². The minimum absolute atomic E-state index is 0.466. The van der Waals surface area contributed by atoms with Gasteiger partial charge in [-0.2, -0.15) is 4.98 Å². The van der Waals surface area contributed by atoms with E-state index in [9.17, 15) is 0 Å². The van der Waals surface area contributed by atoms with Crippen LogP contribution in [-0.4, -0.2) is 38.0 Å². The molecule has 2 aromatic rings. The van der Waals surface area contributed by atoms with E-state index in [0.29, 0.717) is 11.9 Å². The van der Waals surface area contributed by atoms with Gasteiger partial charge in [-0.05, 0) is 18.9 Å². The third-order valence-electron chi connectivity index (χ3n) is 3.57. The van der Waals surface area contributed by atoms with Gasteiger partial charge in [0.25, 0.3) is 5.78 Å². The van der Waals surface area contributed by atoms with Crippen LogP contribution in [0.1, 0.15) is 38.5 Å². The molecule has 6 heteroatoms.